The molecule has 6 nitrogen and oxygen atoms in total. The minimum absolute atomic E-state index is 0.432. The lowest BCUT2D eigenvalue weighted by Crippen LogP contribution is -2.06. The Morgan fingerprint density at radius 2 is 0.825 bits per heavy atom. The van der Waals surface area contributed by atoms with Crippen LogP contribution in [0.2, 0.25) is 0 Å². The topological polar surface area (TPSA) is 75.3 Å². The summed E-state index contributed by atoms with van der Waals surface area (Å²) in [5, 5.41) is 0. The van der Waals surface area contributed by atoms with E-state index in [0.717, 1.165) is 83.5 Å². The zero-order valence-electron chi connectivity index (χ0n) is 33.1. The molecule has 2 aliphatic rings. The van der Waals surface area contributed by atoms with Crippen molar-refractivity contribution in [3.8, 4) is 50.3 Å². The third-order valence-corrected chi connectivity index (χ3v) is 10.8. The van der Waals surface area contributed by atoms with Gasteiger partial charge < -0.3 is 19.4 Å². The van der Waals surface area contributed by atoms with Crippen LogP contribution in [0.1, 0.15) is 46.1 Å². The third kappa shape index (κ3) is 6.53. The van der Waals surface area contributed by atoms with Crippen molar-refractivity contribution in [2.24, 2.45) is 4.99 Å². The quantitative estimate of drug-likeness (QED) is 0.178. The summed E-state index contributed by atoms with van der Waals surface area (Å²) >= 11 is 0. The number of hydrogen-bond donors (Lipinski definition) is 2. The second kappa shape index (κ2) is 14.6. The number of nitrogens with zero attached hydrogens (tertiary/aromatic N) is 2. The van der Waals surface area contributed by atoms with Crippen LogP contribution >= 0.6 is 0 Å². The second-order valence-corrected chi connectivity index (χ2v) is 14.9. The zero-order valence-corrected chi connectivity index (χ0v) is 33.1. The molecule has 2 aliphatic heterocycles. The molecule has 6 heteroatoms. The molecule has 0 fully saturated rings. The fourth-order valence-corrected chi connectivity index (χ4v) is 7.89. The first-order chi connectivity index (χ1) is 27.8. The first-order valence-corrected chi connectivity index (χ1v) is 19.5. The Hall–Kier alpha value is -6.92. The normalized spacial score (nSPS) is 12.1. The van der Waals surface area contributed by atoms with Gasteiger partial charge in [0.05, 0.1) is 30.7 Å². The summed E-state index contributed by atoms with van der Waals surface area (Å²) < 4.78 is 13.0. The van der Waals surface area contributed by atoms with Crippen LogP contribution in [-0.2, 0) is 4.74 Å². The van der Waals surface area contributed by atoms with Gasteiger partial charge in [0, 0.05) is 44.3 Å². The van der Waals surface area contributed by atoms with Crippen molar-refractivity contribution in [3.05, 3.63) is 161 Å². The molecular formula is C51H44N4O2. The van der Waals surface area contributed by atoms with Crippen molar-refractivity contribution < 1.29 is 9.47 Å². The van der Waals surface area contributed by atoms with Gasteiger partial charge in [0.2, 0.25) is 5.90 Å². The molecule has 0 atom stereocenters. The molecular weight excluding hydrogens is 701 g/mol. The molecule has 0 saturated carbocycles. The smallest absolute Gasteiger partial charge is 0.226 e. The van der Waals surface area contributed by atoms with E-state index in [2.05, 4.69) is 171 Å². The fourth-order valence-electron chi connectivity index (χ4n) is 7.89. The van der Waals surface area contributed by atoms with E-state index in [0.29, 0.717) is 23.9 Å². The maximum atomic E-state index is 6.49. The number of aromatic amines is 2. The summed E-state index contributed by atoms with van der Waals surface area (Å²) in [4.78, 5) is 18.5. The second-order valence-electron chi connectivity index (χ2n) is 14.9. The maximum absolute atomic E-state index is 6.49. The number of aliphatic imine (C=N–C) groups is 1. The minimum atomic E-state index is 0.432. The van der Waals surface area contributed by atoms with E-state index >= 15 is 0 Å². The summed E-state index contributed by atoms with van der Waals surface area (Å²) in [6, 6.07) is 43.1. The number of hydrogen-bond acceptors (Lipinski definition) is 4. The molecule has 2 N–H and O–H groups in total. The van der Waals surface area contributed by atoms with Crippen LogP contribution in [0.5, 0.6) is 5.75 Å². The number of aryl methyl sites for hydroxylation is 4. The highest BCUT2D eigenvalue weighted by Crippen LogP contribution is 2.49. The maximum Gasteiger partial charge on any atom is 0.226 e. The Kier molecular flexibility index (Phi) is 9.18. The van der Waals surface area contributed by atoms with Gasteiger partial charge in [-0.15, -0.1) is 0 Å². The van der Waals surface area contributed by atoms with Crippen LogP contribution < -0.4 is 4.74 Å². The van der Waals surface area contributed by atoms with Crippen molar-refractivity contribution in [2.75, 3.05) is 13.7 Å². The monoisotopic (exact) mass is 744 g/mol. The number of H-pyrrole nitrogens is 2. The highest BCUT2D eigenvalue weighted by molar-refractivity contribution is 6.14. The lowest BCUT2D eigenvalue weighted by atomic mass is 9.98. The Balaban J connectivity index is 1.53. The van der Waals surface area contributed by atoms with Gasteiger partial charge in [-0.25, -0.2) is 9.98 Å². The lowest BCUT2D eigenvalue weighted by Gasteiger charge is -2.12. The molecule has 0 saturated heterocycles. The number of benzene rings is 4. The molecule has 5 heterocycles. The Morgan fingerprint density at radius 1 is 0.456 bits per heavy atom. The number of fused-ring (bicyclic) bond motifs is 8. The first kappa shape index (κ1) is 35.8. The van der Waals surface area contributed by atoms with Gasteiger partial charge >= 0.3 is 0 Å². The third-order valence-electron chi connectivity index (χ3n) is 10.8. The van der Waals surface area contributed by atoms with E-state index in [1.165, 1.54) is 22.3 Å². The lowest BCUT2D eigenvalue weighted by molar-refractivity contribution is 0.328. The molecule has 7 aromatic rings. The van der Waals surface area contributed by atoms with Crippen LogP contribution in [0.25, 0.3) is 78.7 Å². The van der Waals surface area contributed by atoms with Gasteiger partial charge in [0.15, 0.2) is 5.75 Å². The largest absolute Gasteiger partial charge is 0.494 e. The molecule has 57 heavy (non-hydrogen) atoms. The SMILES string of the molecule is CCOC1=Nc2c(OC)c1c(-c1ccc(C)cc1)c1ccc([nH]1)c(-c1ccc(C)cc1)c1nc(c(-c3ccc(C)cc3)c3ccc([nH]3)c2-c2ccc(C)cc2)C=C1. The van der Waals surface area contributed by atoms with Gasteiger partial charge in [-0.1, -0.05) is 119 Å². The molecule has 9 rings (SSSR count). The van der Waals surface area contributed by atoms with Gasteiger partial charge in [-0.05, 0) is 93.3 Å². The molecule has 0 aliphatic carbocycles. The van der Waals surface area contributed by atoms with Gasteiger partial charge in [0.25, 0.3) is 0 Å². The molecule has 0 unspecified atom stereocenters. The van der Waals surface area contributed by atoms with Crippen LogP contribution in [0.15, 0.2) is 126 Å². The molecule has 0 spiro atoms. The number of methoxy groups -OCH3 is 1. The van der Waals surface area contributed by atoms with Gasteiger partial charge in [-0.2, -0.15) is 0 Å². The van der Waals surface area contributed by atoms with Crippen molar-refractivity contribution in [3.63, 3.8) is 0 Å². The molecule has 4 aromatic carbocycles. The minimum Gasteiger partial charge on any atom is -0.494 e. The molecule has 8 bridgehead atoms. The van der Waals surface area contributed by atoms with Gasteiger partial charge in [0.1, 0.15) is 5.69 Å². The molecule has 0 amide bonds. The molecule has 3 aromatic heterocycles. The summed E-state index contributed by atoms with van der Waals surface area (Å²) in [5.41, 5.74) is 19.6. The fraction of sp³-hybridized carbons (Fsp3) is 0.137. The number of aromatic nitrogens is 3. The Bertz CT molecular complexity index is 2890. The zero-order chi connectivity index (χ0) is 39.2. The molecule has 0 radical (unpaired) electrons. The highest BCUT2D eigenvalue weighted by atomic mass is 16.5. The summed E-state index contributed by atoms with van der Waals surface area (Å²) in [5.74, 6) is 1.14. The van der Waals surface area contributed by atoms with Crippen molar-refractivity contribution in [1.82, 2.24) is 15.0 Å². The number of rotatable bonds is 6. The van der Waals surface area contributed by atoms with Crippen molar-refractivity contribution in [2.45, 2.75) is 34.6 Å². The summed E-state index contributed by atoms with van der Waals surface area (Å²) in [6.07, 6.45) is 4.27. The summed E-state index contributed by atoms with van der Waals surface area (Å²) in [7, 11) is 1.72. The highest BCUT2D eigenvalue weighted by Gasteiger charge is 2.30. The predicted octanol–water partition coefficient (Wildman–Crippen LogP) is 13.1. The van der Waals surface area contributed by atoms with Crippen LogP contribution in [0.3, 0.4) is 0 Å². The number of nitrogens with one attached hydrogen (secondary N) is 2. The van der Waals surface area contributed by atoms with E-state index in [1.54, 1.807) is 7.11 Å². The molecule has 280 valence electrons. The Labute approximate surface area is 333 Å². The predicted molar refractivity (Wildman–Crippen MR) is 237 cm³/mol. The number of ether oxygens (including phenoxy) is 2. The average molecular weight is 745 g/mol. The van der Waals surface area contributed by atoms with E-state index < -0.39 is 0 Å². The van der Waals surface area contributed by atoms with Crippen LogP contribution in [-0.4, -0.2) is 34.6 Å². The van der Waals surface area contributed by atoms with Crippen LogP contribution in [0.4, 0.5) is 5.69 Å². The van der Waals surface area contributed by atoms with E-state index in [-0.39, 0.29) is 0 Å². The van der Waals surface area contributed by atoms with Crippen molar-refractivity contribution >= 4 is 45.8 Å². The standard InChI is InChI=1S/C51H44N4O2/c1-7-57-51-48-46(36-20-12-32(4)13-21-36)42-28-26-40(53-42)44(34-16-8-30(2)9-17-34)38-24-25-39(52-38)45(35-18-10-31(3)11-19-35)41-27-29-43(54-41)47(49(55-51)50(48)56-6)37-22-14-33(5)15-23-37/h8-29,53-54H,7H2,1-6H3. The van der Waals surface area contributed by atoms with Gasteiger partial charge in [-0.3, -0.25) is 0 Å². The van der Waals surface area contributed by atoms with E-state index in [4.69, 9.17) is 19.5 Å². The average Bonchev–Trinajstić information content (AvgIpc) is 4.05. The van der Waals surface area contributed by atoms with Crippen molar-refractivity contribution in [1.29, 1.82) is 0 Å². The van der Waals surface area contributed by atoms with E-state index in [9.17, 15) is 0 Å². The summed E-state index contributed by atoms with van der Waals surface area (Å²) in [6.45, 7) is 10.9. The first-order valence-electron chi connectivity index (χ1n) is 19.5. The van der Waals surface area contributed by atoms with E-state index in [1.807, 2.05) is 6.92 Å². The van der Waals surface area contributed by atoms with Crippen LogP contribution in [0, 0.1) is 27.7 Å². The Morgan fingerprint density at radius 3 is 1.23 bits per heavy atom.